The van der Waals surface area contributed by atoms with E-state index < -0.39 is 24.3 Å². The number of likely N-dealkylation sites (N-methyl/N-ethyl adjacent to an activating group) is 1. The molecule has 1 aliphatic heterocycles. The van der Waals surface area contributed by atoms with Gasteiger partial charge in [0, 0.05) is 62.7 Å². The summed E-state index contributed by atoms with van der Waals surface area (Å²) in [5, 5.41) is 12.3. The van der Waals surface area contributed by atoms with Crippen molar-refractivity contribution >= 4 is 5.91 Å². The highest BCUT2D eigenvalue weighted by atomic mass is 19.4. The Balaban J connectivity index is 0. The lowest BCUT2D eigenvalue weighted by atomic mass is 10.2. The number of carbonyl (C=O) groups excluding carboxylic acids is 1. The summed E-state index contributed by atoms with van der Waals surface area (Å²) in [7, 11) is 0. The summed E-state index contributed by atoms with van der Waals surface area (Å²) in [6, 6.07) is -0.177. The minimum atomic E-state index is -4.34. The van der Waals surface area contributed by atoms with Crippen LogP contribution in [0.5, 0.6) is 0 Å². The molecular formula is C31H51F6N5O3. The van der Waals surface area contributed by atoms with Crippen LogP contribution in [-0.4, -0.2) is 103 Å². The lowest BCUT2D eigenvalue weighted by molar-refractivity contribution is -0.475. The average Bonchev–Trinajstić information content (AvgIpc) is 3.21. The van der Waals surface area contributed by atoms with Gasteiger partial charge in [-0.1, -0.05) is 31.2 Å². The fourth-order valence-corrected chi connectivity index (χ4v) is 4.37. The number of nitrogens with zero attached hydrogens (tertiary/aromatic N) is 4. The predicted molar refractivity (Wildman–Crippen MR) is 167 cm³/mol. The smallest absolute Gasteiger partial charge is 0.384 e. The van der Waals surface area contributed by atoms with Crippen molar-refractivity contribution in [1.82, 2.24) is 20.0 Å². The van der Waals surface area contributed by atoms with E-state index >= 15 is 0 Å². The van der Waals surface area contributed by atoms with E-state index in [4.69, 9.17) is 0 Å². The molecule has 1 amide bonds. The molecule has 1 saturated heterocycles. The van der Waals surface area contributed by atoms with E-state index in [1.54, 1.807) is 17.9 Å². The molecule has 0 aromatic carbocycles. The van der Waals surface area contributed by atoms with E-state index in [0.717, 1.165) is 57.4 Å². The summed E-state index contributed by atoms with van der Waals surface area (Å²) in [6.45, 7) is 13.8. The first-order chi connectivity index (χ1) is 21.1. The Morgan fingerprint density at radius 2 is 1.64 bits per heavy atom. The standard InChI is InChI=1S/C27H44F6N4O.C2H5NO2.C2H2/c1-5-23(27(31,32)33)11-8-15-35-17-10-18-36(20-19-35)16-9-12-25(38)37(7-3)21-22(4)34-24(6-2)13-14-26(28,29)30;1-2-3(4)5;1-2/h5,8,11,13,22,34H,6-7,9-10,12,14-21H2,1-4H3;2H2,1H3;1-2H/b11-8-,23-5+,24-13+;;/t22-;;/m1../s1. The molecule has 260 valence electrons. The Kier molecular flexibility index (Phi) is 23.7. The van der Waals surface area contributed by atoms with Gasteiger partial charge in [0.2, 0.25) is 12.5 Å². The first-order valence-corrected chi connectivity index (χ1v) is 15.2. The number of nitrogens with one attached hydrogen (secondary N) is 1. The maximum absolute atomic E-state index is 12.8. The monoisotopic (exact) mass is 655 g/mol. The zero-order valence-corrected chi connectivity index (χ0v) is 27.2. The minimum absolute atomic E-state index is 0.0181. The van der Waals surface area contributed by atoms with Gasteiger partial charge in [-0.25, -0.2) is 0 Å². The summed E-state index contributed by atoms with van der Waals surface area (Å²) in [5.74, 6) is 0.0181. The maximum Gasteiger partial charge on any atom is 0.416 e. The van der Waals surface area contributed by atoms with Crippen molar-refractivity contribution < 1.29 is 36.1 Å². The normalized spacial score (nSPS) is 16.1. The second-order valence-corrected chi connectivity index (χ2v) is 10.3. The molecule has 0 aromatic heterocycles. The molecule has 0 unspecified atom stereocenters. The van der Waals surface area contributed by atoms with Crippen LogP contribution in [0, 0.1) is 23.0 Å². The average molecular weight is 656 g/mol. The quantitative estimate of drug-likeness (QED) is 0.0719. The Morgan fingerprint density at radius 1 is 1.07 bits per heavy atom. The van der Waals surface area contributed by atoms with Crippen LogP contribution in [0.25, 0.3) is 0 Å². The van der Waals surface area contributed by atoms with Gasteiger partial charge >= 0.3 is 12.4 Å². The number of alkyl halides is 6. The highest BCUT2D eigenvalue weighted by Crippen LogP contribution is 2.26. The van der Waals surface area contributed by atoms with E-state index in [9.17, 15) is 41.3 Å². The number of terminal acetylenes is 1. The van der Waals surface area contributed by atoms with Crippen LogP contribution in [0.15, 0.2) is 35.6 Å². The number of nitro groups is 1. The predicted octanol–water partition coefficient (Wildman–Crippen LogP) is 6.44. The number of carbonyl (C=O) groups is 1. The third-order valence-corrected chi connectivity index (χ3v) is 6.72. The van der Waals surface area contributed by atoms with Gasteiger partial charge in [0.25, 0.3) is 0 Å². The number of hydrogen-bond acceptors (Lipinski definition) is 6. The molecule has 1 rings (SSSR count). The van der Waals surface area contributed by atoms with Crippen LogP contribution in [0.2, 0.25) is 0 Å². The van der Waals surface area contributed by atoms with Gasteiger partial charge in [-0.2, -0.15) is 26.3 Å². The Labute approximate surface area is 264 Å². The highest BCUT2D eigenvalue weighted by Gasteiger charge is 2.30. The van der Waals surface area contributed by atoms with Gasteiger partial charge < -0.3 is 15.1 Å². The summed E-state index contributed by atoms with van der Waals surface area (Å²) < 4.78 is 76.0. The van der Waals surface area contributed by atoms with Gasteiger partial charge in [0.1, 0.15) is 0 Å². The van der Waals surface area contributed by atoms with Crippen LogP contribution < -0.4 is 5.32 Å². The van der Waals surface area contributed by atoms with Crippen LogP contribution in [0.4, 0.5) is 26.3 Å². The molecule has 8 nitrogen and oxygen atoms in total. The van der Waals surface area contributed by atoms with Gasteiger partial charge in [-0.05, 0) is 59.7 Å². The van der Waals surface area contributed by atoms with E-state index in [2.05, 4.69) is 28.0 Å². The molecule has 45 heavy (non-hydrogen) atoms. The second-order valence-electron chi connectivity index (χ2n) is 10.3. The zero-order chi connectivity index (χ0) is 35.1. The van der Waals surface area contributed by atoms with E-state index in [0.29, 0.717) is 44.6 Å². The molecule has 1 heterocycles. The summed E-state index contributed by atoms with van der Waals surface area (Å²) >= 11 is 0. The molecule has 0 bridgehead atoms. The lowest BCUT2D eigenvalue weighted by Crippen LogP contribution is -2.42. The van der Waals surface area contributed by atoms with Crippen LogP contribution in [0.3, 0.4) is 0 Å². The van der Waals surface area contributed by atoms with Crippen LogP contribution in [-0.2, 0) is 4.79 Å². The van der Waals surface area contributed by atoms with E-state index in [1.165, 1.54) is 13.8 Å². The first-order valence-electron chi connectivity index (χ1n) is 15.2. The zero-order valence-electron chi connectivity index (χ0n) is 27.2. The van der Waals surface area contributed by atoms with Crippen molar-refractivity contribution in [2.24, 2.45) is 0 Å². The molecule has 1 atom stereocenters. The molecule has 1 N–H and O–H groups in total. The van der Waals surface area contributed by atoms with Crippen molar-refractivity contribution in [2.45, 2.75) is 85.1 Å². The number of hydrogen-bond donors (Lipinski definition) is 1. The van der Waals surface area contributed by atoms with E-state index in [-0.39, 0.29) is 23.4 Å². The fourth-order valence-electron chi connectivity index (χ4n) is 4.37. The fraction of sp³-hybridized carbons (Fsp3) is 0.710. The third kappa shape index (κ3) is 23.0. The summed E-state index contributed by atoms with van der Waals surface area (Å²) in [6.07, 6.45) is 5.79. The first kappa shape index (κ1) is 44.1. The van der Waals surface area contributed by atoms with E-state index in [1.807, 2.05) is 13.8 Å². The topological polar surface area (TPSA) is 82.0 Å². The van der Waals surface area contributed by atoms with Crippen LogP contribution >= 0.6 is 0 Å². The molecule has 0 aromatic rings. The number of rotatable bonds is 15. The largest absolute Gasteiger partial charge is 0.416 e. The third-order valence-electron chi connectivity index (χ3n) is 6.72. The minimum Gasteiger partial charge on any atom is -0.384 e. The number of halogens is 6. The van der Waals surface area contributed by atoms with Gasteiger partial charge in [0.05, 0.1) is 12.0 Å². The molecule has 0 saturated carbocycles. The Morgan fingerprint density at radius 3 is 2.13 bits per heavy atom. The SMILES string of the molecule is C#C.C/C=C(\C=C/CN1CCCN(CCCC(=O)N(CC)C[C@@H](C)N/C(=C/CC(F)(F)F)CC)CC1)C(F)(F)F.CC[N+](=O)[O-]. The van der Waals surface area contributed by atoms with Gasteiger partial charge in [0.15, 0.2) is 0 Å². The van der Waals surface area contributed by atoms with Gasteiger partial charge in [-0.15, -0.1) is 12.8 Å². The molecule has 0 spiro atoms. The highest BCUT2D eigenvalue weighted by molar-refractivity contribution is 5.76. The molecule has 14 heteroatoms. The number of amides is 1. The molecular weight excluding hydrogens is 604 g/mol. The maximum atomic E-state index is 12.8. The lowest BCUT2D eigenvalue weighted by Gasteiger charge is -2.27. The van der Waals surface area contributed by atoms with Gasteiger partial charge in [-0.3, -0.25) is 19.8 Å². The van der Waals surface area contributed by atoms with Crippen molar-refractivity contribution in [3.8, 4) is 12.8 Å². The van der Waals surface area contributed by atoms with Crippen molar-refractivity contribution in [3.05, 3.63) is 45.7 Å². The van der Waals surface area contributed by atoms with Crippen molar-refractivity contribution in [1.29, 1.82) is 0 Å². The molecule has 0 radical (unpaired) electrons. The van der Waals surface area contributed by atoms with Crippen LogP contribution in [0.1, 0.15) is 66.7 Å². The van der Waals surface area contributed by atoms with Crippen molar-refractivity contribution in [2.75, 3.05) is 58.9 Å². The summed E-state index contributed by atoms with van der Waals surface area (Å²) in [5.41, 5.74) is -0.125. The summed E-state index contributed by atoms with van der Waals surface area (Å²) in [4.78, 5) is 27.7. The number of allylic oxidation sites excluding steroid dienone is 5. The Hall–Kier alpha value is -3.05. The molecule has 1 fully saturated rings. The Bertz CT molecular complexity index is 948. The molecule has 0 aliphatic carbocycles. The molecule has 1 aliphatic rings. The van der Waals surface area contributed by atoms with Crippen molar-refractivity contribution in [3.63, 3.8) is 0 Å². The second kappa shape index (κ2) is 24.2.